The number of amides is 1. The van der Waals surface area contributed by atoms with Gasteiger partial charge in [0.15, 0.2) is 0 Å². The normalized spacial score (nSPS) is 30.4. The van der Waals surface area contributed by atoms with Crippen molar-refractivity contribution in [3.05, 3.63) is 0 Å². The minimum atomic E-state index is -0.595. The first-order valence-electron chi connectivity index (χ1n) is 3.35. The van der Waals surface area contributed by atoms with Crippen LogP contribution in [0.3, 0.4) is 0 Å². The molecule has 1 amide bonds. The summed E-state index contributed by atoms with van der Waals surface area (Å²) >= 11 is 5.24. The molecule has 5 heteroatoms. The number of carbonyl (C=O) groups is 1. The third-order valence-corrected chi connectivity index (χ3v) is 1.76. The first kappa shape index (κ1) is 8.77. The number of aliphatic hydroxyl groups is 1. The Bertz CT molecular complexity index is 153. The molecule has 2 N–H and O–H groups in total. The molecule has 0 aromatic heterocycles. The van der Waals surface area contributed by atoms with E-state index in [1.54, 1.807) is 0 Å². The van der Waals surface area contributed by atoms with Crippen LogP contribution in [0.15, 0.2) is 0 Å². The molecule has 0 radical (unpaired) electrons. The van der Waals surface area contributed by atoms with Gasteiger partial charge in [-0.05, 0) is 0 Å². The van der Waals surface area contributed by atoms with E-state index >= 15 is 0 Å². The molecule has 1 saturated heterocycles. The monoisotopic (exact) mass is 179 g/mol. The quantitative estimate of drug-likeness (QED) is 0.541. The van der Waals surface area contributed by atoms with E-state index in [9.17, 15) is 4.79 Å². The minimum absolute atomic E-state index is 0.0801. The van der Waals surface area contributed by atoms with Crippen molar-refractivity contribution in [1.29, 1.82) is 0 Å². The topological polar surface area (TPSA) is 58.6 Å². The molecule has 1 aliphatic heterocycles. The van der Waals surface area contributed by atoms with Crippen LogP contribution in [0.4, 0.5) is 0 Å². The first-order chi connectivity index (χ1) is 5.24. The summed E-state index contributed by atoms with van der Waals surface area (Å²) in [5, 5.41) is 11.7. The fourth-order valence-corrected chi connectivity index (χ4v) is 1.00. The van der Waals surface area contributed by atoms with Crippen molar-refractivity contribution >= 4 is 17.5 Å². The highest BCUT2D eigenvalue weighted by Gasteiger charge is 2.26. The Hall–Kier alpha value is -0.320. The number of nitrogens with one attached hydrogen (secondary N) is 1. The summed E-state index contributed by atoms with van der Waals surface area (Å²) in [5.41, 5.74) is 0. The van der Waals surface area contributed by atoms with Gasteiger partial charge in [-0.2, -0.15) is 0 Å². The molecule has 2 atom stereocenters. The van der Waals surface area contributed by atoms with E-state index in [4.69, 9.17) is 21.4 Å². The summed E-state index contributed by atoms with van der Waals surface area (Å²) in [6.07, 6.45) is -0.595. The molecular weight excluding hydrogens is 170 g/mol. The van der Waals surface area contributed by atoms with E-state index in [2.05, 4.69) is 5.32 Å². The average molecular weight is 180 g/mol. The maximum atomic E-state index is 10.7. The number of carbonyl (C=O) groups excluding carboxylic acids is 1. The average Bonchev–Trinajstić information content (AvgIpc) is 2.37. The molecule has 11 heavy (non-hydrogen) atoms. The van der Waals surface area contributed by atoms with Crippen LogP contribution < -0.4 is 5.32 Å². The van der Waals surface area contributed by atoms with Crippen LogP contribution in [0.1, 0.15) is 0 Å². The molecule has 4 nitrogen and oxygen atoms in total. The molecule has 0 saturated carbocycles. The van der Waals surface area contributed by atoms with Gasteiger partial charge in [-0.15, -0.1) is 11.6 Å². The van der Waals surface area contributed by atoms with Gasteiger partial charge in [0.05, 0.1) is 25.4 Å². The summed E-state index contributed by atoms with van der Waals surface area (Å²) in [4.78, 5) is 10.7. The largest absolute Gasteiger partial charge is 0.388 e. The maximum absolute atomic E-state index is 10.7. The van der Waals surface area contributed by atoms with Crippen LogP contribution in [0.5, 0.6) is 0 Å². The van der Waals surface area contributed by atoms with Gasteiger partial charge in [0.2, 0.25) is 5.91 Å². The summed E-state index contributed by atoms with van der Waals surface area (Å²) in [7, 11) is 0. The third-order valence-electron chi connectivity index (χ3n) is 1.52. The van der Waals surface area contributed by atoms with E-state index in [0.717, 1.165) is 0 Å². The molecule has 64 valence electrons. The molecule has 2 unspecified atom stereocenters. The fourth-order valence-electron chi connectivity index (χ4n) is 0.926. The second-order valence-electron chi connectivity index (χ2n) is 2.41. The molecular formula is C6H10ClNO3. The number of halogens is 1. The zero-order valence-electron chi connectivity index (χ0n) is 5.92. The summed E-state index contributed by atoms with van der Waals surface area (Å²) in [6.45, 7) is 0.650. The van der Waals surface area contributed by atoms with Crippen LogP contribution >= 0.6 is 11.6 Å². The highest BCUT2D eigenvalue weighted by molar-refractivity contribution is 6.27. The Morgan fingerprint density at radius 3 is 2.91 bits per heavy atom. The van der Waals surface area contributed by atoms with Crippen molar-refractivity contribution < 1.29 is 14.6 Å². The molecule has 1 fully saturated rings. The summed E-state index contributed by atoms with van der Waals surface area (Å²) < 4.78 is 4.91. The highest BCUT2D eigenvalue weighted by Crippen LogP contribution is 2.04. The van der Waals surface area contributed by atoms with E-state index < -0.39 is 6.10 Å². The van der Waals surface area contributed by atoms with E-state index in [-0.39, 0.29) is 24.4 Å². The lowest BCUT2D eigenvalue weighted by Gasteiger charge is -2.12. The predicted octanol–water partition coefficient (Wildman–Crippen LogP) is -0.899. The van der Waals surface area contributed by atoms with Crippen molar-refractivity contribution in [2.75, 3.05) is 19.1 Å². The van der Waals surface area contributed by atoms with Gasteiger partial charge in [0.25, 0.3) is 0 Å². The molecule has 0 bridgehead atoms. The lowest BCUT2D eigenvalue weighted by Crippen LogP contribution is -2.43. The second kappa shape index (κ2) is 3.90. The second-order valence-corrected chi connectivity index (χ2v) is 2.68. The SMILES string of the molecule is O=C(CCl)NC1COCC1O. The number of hydrogen-bond donors (Lipinski definition) is 2. The minimum Gasteiger partial charge on any atom is -0.388 e. The zero-order valence-corrected chi connectivity index (χ0v) is 6.67. The Morgan fingerprint density at radius 1 is 1.73 bits per heavy atom. The lowest BCUT2D eigenvalue weighted by molar-refractivity contribution is -0.119. The van der Waals surface area contributed by atoms with Crippen molar-refractivity contribution in [1.82, 2.24) is 5.32 Å². The van der Waals surface area contributed by atoms with Crippen molar-refractivity contribution in [3.8, 4) is 0 Å². The van der Waals surface area contributed by atoms with Gasteiger partial charge < -0.3 is 15.2 Å². The van der Waals surface area contributed by atoms with Crippen LogP contribution in [0.25, 0.3) is 0 Å². The maximum Gasteiger partial charge on any atom is 0.235 e. The van der Waals surface area contributed by atoms with Gasteiger partial charge in [0, 0.05) is 0 Å². The number of rotatable bonds is 2. The lowest BCUT2D eigenvalue weighted by atomic mass is 10.2. The van der Waals surface area contributed by atoms with Crippen molar-refractivity contribution in [2.24, 2.45) is 0 Å². The van der Waals surface area contributed by atoms with E-state index in [1.165, 1.54) is 0 Å². The summed E-state index contributed by atoms with van der Waals surface area (Å²) in [6, 6.07) is -0.291. The number of ether oxygens (including phenoxy) is 1. The third kappa shape index (κ3) is 2.32. The van der Waals surface area contributed by atoms with Gasteiger partial charge in [0.1, 0.15) is 5.88 Å². The van der Waals surface area contributed by atoms with Crippen LogP contribution in [0, 0.1) is 0 Å². The molecule has 0 spiro atoms. The molecule has 0 aliphatic carbocycles. The van der Waals surface area contributed by atoms with Gasteiger partial charge in [-0.25, -0.2) is 0 Å². The Kier molecular flexibility index (Phi) is 3.11. The number of hydrogen-bond acceptors (Lipinski definition) is 3. The molecule has 1 heterocycles. The predicted molar refractivity (Wildman–Crippen MR) is 39.5 cm³/mol. The van der Waals surface area contributed by atoms with Crippen molar-refractivity contribution in [2.45, 2.75) is 12.1 Å². The Labute approximate surface area is 69.5 Å². The molecule has 1 aliphatic rings. The Balaban J connectivity index is 2.30. The smallest absolute Gasteiger partial charge is 0.235 e. The molecule has 1 rings (SSSR count). The van der Waals surface area contributed by atoms with Gasteiger partial charge in [-0.3, -0.25) is 4.79 Å². The first-order valence-corrected chi connectivity index (χ1v) is 3.88. The summed E-state index contributed by atoms with van der Waals surface area (Å²) in [5.74, 6) is -0.357. The van der Waals surface area contributed by atoms with E-state index in [1.807, 2.05) is 0 Å². The van der Waals surface area contributed by atoms with Crippen LogP contribution in [-0.4, -0.2) is 42.3 Å². The number of aliphatic hydroxyl groups excluding tert-OH is 1. The highest BCUT2D eigenvalue weighted by atomic mass is 35.5. The fraction of sp³-hybridized carbons (Fsp3) is 0.833. The standard InChI is InChI=1S/C6H10ClNO3/c7-1-6(10)8-4-2-11-3-5(4)9/h4-5,9H,1-3H2,(H,8,10). The number of alkyl halides is 1. The van der Waals surface area contributed by atoms with Crippen LogP contribution in [0.2, 0.25) is 0 Å². The molecule has 0 aromatic carbocycles. The Morgan fingerprint density at radius 2 is 2.45 bits per heavy atom. The van der Waals surface area contributed by atoms with Gasteiger partial charge >= 0.3 is 0 Å². The van der Waals surface area contributed by atoms with E-state index in [0.29, 0.717) is 6.61 Å². The molecule has 0 aromatic rings. The van der Waals surface area contributed by atoms with Gasteiger partial charge in [-0.1, -0.05) is 0 Å². The van der Waals surface area contributed by atoms with Crippen LogP contribution in [-0.2, 0) is 9.53 Å². The zero-order chi connectivity index (χ0) is 8.27. The van der Waals surface area contributed by atoms with Crippen molar-refractivity contribution in [3.63, 3.8) is 0 Å².